The van der Waals surface area contributed by atoms with Crippen LogP contribution in [-0.4, -0.2) is 24.3 Å². The third-order valence-electron chi connectivity index (χ3n) is 2.50. The second-order valence-corrected chi connectivity index (χ2v) is 3.58. The molecule has 0 saturated heterocycles. The van der Waals surface area contributed by atoms with Crippen LogP contribution in [0.2, 0.25) is 0 Å². The molecule has 0 saturated carbocycles. The molecule has 0 aliphatic carbocycles. The van der Waals surface area contributed by atoms with Crippen LogP contribution in [-0.2, 0) is 14.3 Å². The number of benzene rings is 1. The van der Waals surface area contributed by atoms with Crippen molar-refractivity contribution in [3.05, 3.63) is 29.8 Å². The molecule has 0 bridgehead atoms. The van der Waals surface area contributed by atoms with E-state index in [1.807, 2.05) is 0 Å². The molecule has 1 aliphatic rings. The highest BCUT2D eigenvalue weighted by Gasteiger charge is 2.40. The van der Waals surface area contributed by atoms with Gasteiger partial charge in [0.25, 0.3) is 0 Å². The Balaban J connectivity index is 2.37. The summed E-state index contributed by atoms with van der Waals surface area (Å²) in [5.74, 6) is -3.33. The minimum atomic E-state index is -1.38. The summed E-state index contributed by atoms with van der Waals surface area (Å²) in [6.07, 6.45) is 0. The molecule has 1 amide bonds. The van der Waals surface area contributed by atoms with Crippen LogP contribution in [0.1, 0.15) is 17.3 Å². The number of carbonyl (C=O) groups is 3. The van der Waals surface area contributed by atoms with E-state index in [2.05, 4.69) is 5.32 Å². The molecule has 1 aromatic carbocycles. The molecule has 0 aromatic heterocycles. The summed E-state index contributed by atoms with van der Waals surface area (Å²) in [7, 11) is 0. The van der Waals surface area contributed by atoms with Crippen molar-refractivity contribution in [2.24, 2.45) is 5.92 Å². The number of fused-ring (bicyclic) bond motifs is 1. The van der Waals surface area contributed by atoms with Crippen molar-refractivity contribution < 1.29 is 19.1 Å². The van der Waals surface area contributed by atoms with Crippen molar-refractivity contribution in [2.75, 3.05) is 11.9 Å². The van der Waals surface area contributed by atoms with Crippen molar-refractivity contribution in [2.45, 2.75) is 6.92 Å². The molecule has 1 atom stereocenters. The second-order valence-electron chi connectivity index (χ2n) is 3.58. The molecule has 5 nitrogen and oxygen atoms in total. The molecular weight excluding hydrogens is 222 g/mol. The largest absolute Gasteiger partial charge is 0.465 e. The number of amides is 1. The highest BCUT2D eigenvalue weighted by Crippen LogP contribution is 2.25. The molecule has 1 heterocycles. The van der Waals surface area contributed by atoms with E-state index < -0.39 is 23.6 Å². The zero-order valence-electron chi connectivity index (χ0n) is 9.23. The Morgan fingerprint density at radius 1 is 1.35 bits per heavy atom. The number of carbonyl (C=O) groups excluding carboxylic acids is 3. The fraction of sp³-hybridized carbons (Fsp3) is 0.250. The van der Waals surface area contributed by atoms with Crippen LogP contribution in [0.4, 0.5) is 5.69 Å². The Kier molecular flexibility index (Phi) is 2.91. The van der Waals surface area contributed by atoms with E-state index in [0.717, 1.165) is 0 Å². The van der Waals surface area contributed by atoms with Crippen molar-refractivity contribution in [3.8, 4) is 0 Å². The Bertz CT molecular complexity index is 495. The lowest BCUT2D eigenvalue weighted by Gasteiger charge is -2.21. The van der Waals surface area contributed by atoms with E-state index in [4.69, 9.17) is 4.74 Å². The van der Waals surface area contributed by atoms with Gasteiger partial charge in [-0.1, -0.05) is 12.1 Å². The number of ketones is 1. The fourth-order valence-corrected chi connectivity index (χ4v) is 1.73. The predicted molar refractivity (Wildman–Crippen MR) is 59.5 cm³/mol. The predicted octanol–water partition coefficient (Wildman–Crippen LogP) is 1.00. The smallest absolute Gasteiger partial charge is 0.326 e. The quantitative estimate of drug-likeness (QED) is 0.611. The lowest BCUT2D eigenvalue weighted by Crippen LogP contribution is -2.41. The first kappa shape index (κ1) is 11.3. The molecule has 0 radical (unpaired) electrons. The van der Waals surface area contributed by atoms with Crippen molar-refractivity contribution in [1.29, 1.82) is 0 Å². The molecule has 1 aromatic rings. The molecule has 1 aliphatic heterocycles. The van der Waals surface area contributed by atoms with Gasteiger partial charge < -0.3 is 10.1 Å². The average Bonchev–Trinajstić information content (AvgIpc) is 2.29. The van der Waals surface area contributed by atoms with Gasteiger partial charge in [-0.15, -0.1) is 0 Å². The minimum Gasteiger partial charge on any atom is -0.465 e. The number of Topliss-reactive ketones (excluding diaryl/α,β-unsaturated/α-hetero) is 1. The third kappa shape index (κ3) is 1.91. The number of esters is 1. The number of hydrogen-bond acceptors (Lipinski definition) is 4. The standard InChI is InChI=1S/C12H11NO4/c1-2-17-12(16)9-10(14)7-5-3-4-6-8(7)13-11(9)15/h3-6,9H,2H2,1H3,(H,13,15). The van der Waals surface area contributed by atoms with E-state index >= 15 is 0 Å². The molecule has 0 fully saturated rings. The van der Waals surface area contributed by atoms with Crippen LogP contribution >= 0.6 is 0 Å². The molecule has 0 spiro atoms. The second kappa shape index (κ2) is 4.37. The first-order chi connectivity index (χ1) is 8.15. The molecule has 2 rings (SSSR count). The molecule has 5 heteroatoms. The highest BCUT2D eigenvalue weighted by atomic mass is 16.5. The first-order valence-corrected chi connectivity index (χ1v) is 5.26. The molecular formula is C12H11NO4. The third-order valence-corrected chi connectivity index (χ3v) is 2.50. The number of para-hydroxylation sites is 1. The van der Waals surface area contributed by atoms with E-state index in [9.17, 15) is 14.4 Å². The van der Waals surface area contributed by atoms with Crippen LogP contribution < -0.4 is 5.32 Å². The maximum atomic E-state index is 12.0. The average molecular weight is 233 g/mol. The number of hydrogen-bond donors (Lipinski definition) is 1. The van der Waals surface area contributed by atoms with Crippen LogP contribution in [0.3, 0.4) is 0 Å². The van der Waals surface area contributed by atoms with E-state index in [1.54, 1.807) is 31.2 Å². The van der Waals surface area contributed by atoms with Crippen LogP contribution in [0.25, 0.3) is 0 Å². The van der Waals surface area contributed by atoms with E-state index in [-0.39, 0.29) is 6.61 Å². The van der Waals surface area contributed by atoms with E-state index in [0.29, 0.717) is 11.3 Å². The van der Waals surface area contributed by atoms with Gasteiger partial charge >= 0.3 is 5.97 Å². The fourth-order valence-electron chi connectivity index (χ4n) is 1.73. The SMILES string of the molecule is CCOC(=O)C1C(=O)Nc2ccccc2C1=O. The minimum absolute atomic E-state index is 0.136. The van der Waals surface area contributed by atoms with Crippen molar-refractivity contribution in [1.82, 2.24) is 0 Å². The lowest BCUT2D eigenvalue weighted by atomic mass is 9.92. The number of ether oxygens (including phenoxy) is 1. The molecule has 17 heavy (non-hydrogen) atoms. The van der Waals surface area contributed by atoms with Gasteiger partial charge in [0.1, 0.15) is 0 Å². The number of nitrogens with one attached hydrogen (secondary N) is 1. The molecule has 88 valence electrons. The summed E-state index contributed by atoms with van der Waals surface area (Å²) in [4.78, 5) is 35.2. The monoisotopic (exact) mass is 233 g/mol. The van der Waals surface area contributed by atoms with Gasteiger partial charge in [-0.05, 0) is 19.1 Å². The van der Waals surface area contributed by atoms with Crippen LogP contribution in [0, 0.1) is 5.92 Å². The Morgan fingerprint density at radius 3 is 2.76 bits per heavy atom. The lowest BCUT2D eigenvalue weighted by molar-refractivity contribution is -0.148. The number of rotatable bonds is 2. The maximum absolute atomic E-state index is 12.0. The summed E-state index contributed by atoms with van der Waals surface area (Å²) >= 11 is 0. The van der Waals surface area contributed by atoms with Crippen molar-refractivity contribution >= 4 is 23.3 Å². The summed E-state index contributed by atoms with van der Waals surface area (Å²) in [5.41, 5.74) is 0.771. The van der Waals surface area contributed by atoms with Gasteiger partial charge in [0.05, 0.1) is 12.3 Å². The normalized spacial score (nSPS) is 18.3. The van der Waals surface area contributed by atoms with Gasteiger partial charge in [0.15, 0.2) is 11.7 Å². The highest BCUT2D eigenvalue weighted by molar-refractivity contribution is 6.29. The summed E-state index contributed by atoms with van der Waals surface area (Å²) in [6.45, 7) is 1.76. The Hall–Kier alpha value is -2.17. The zero-order chi connectivity index (χ0) is 12.4. The van der Waals surface area contributed by atoms with Gasteiger partial charge in [-0.3, -0.25) is 14.4 Å². The van der Waals surface area contributed by atoms with E-state index in [1.165, 1.54) is 0 Å². The number of anilines is 1. The maximum Gasteiger partial charge on any atom is 0.326 e. The topological polar surface area (TPSA) is 72.5 Å². The first-order valence-electron chi connectivity index (χ1n) is 5.26. The summed E-state index contributed by atoms with van der Waals surface area (Å²) < 4.78 is 4.72. The Morgan fingerprint density at radius 2 is 2.06 bits per heavy atom. The summed E-state index contributed by atoms with van der Waals surface area (Å²) in [5, 5.41) is 2.52. The van der Waals surface area contributed by atoms with Gasteiger partial charge in [-0.25, -0.2) is 0 Å². The van der Waals surface area contributed by atoms with Crippen molar-refractivity contribution in [3.63, 3.8) is 0 Å². The molecule has 1 N–H and O–H groups in total. The zero-order valence-corrected chi connectivity index (χ0v) is 9.23. The van der Waals surface area contributed by atoms with Gasteiger partial charge in [0.2, 0.25) is 5.91 Å². The summed E-state index contributed by atoms with van der Waals surface area (Å²) in [6, 6.07) is 6.57. The molecule has 1 unspecified atom stereocenters. The van der Waals surface area contributed by atoms with Crippen LogP contribution in [0.15, 0.2) is 24.3 Å². The van der Waals surface area contributed by atoms with Gasteiger partial charge in [0, 0.05) is 5.56 Å². The van der Waals surface area contributed by atoms with Crippen LogP contribution in [0.5, 0.6) is 0 Å². The Labute approximate surface area is 97.8 Å². The van der Waals surface area contributed by atoms with Gasteiger partial charge in [-0.2, -0.15) is 0 Å².